The Kier molecular flexibility index (Phi) is 6.55. The maximum absolute atomic E-state index is 6.10. The fourth-order valence-corrected chi connectivity index (χ4v) is 4.75. The van der Waals surface area contributed by atoms with Gasteiger partial charge in [-0.2, -0.15) is 4.98 Å². The second-order valence-corrected chi connectivity index (χ2v) is 8.97. The van der Waals surface area contributed by atoms with Gasteiger partial charge >= 0.3 is 0 Å². The van der Waals surface area contributed by atoms with Crippen molar-refractivity contribution in [2.45, 2.75) is 19.3 Å². The van der Waals surface area contributed by atoms with Crippen LogP contribution in [0.5, 0.6) is 0 Å². The van der Waals surface area contributed by atoms with E-state index in [4.69, 9.17) is 16.6 Å². The fourth-order valence-electron chi connectivity index (χ4n) is 4.59. The number of fused-ring (bicyclic) bond motifs is 1. The maximum Gasteiger partial charge on any atom is 0.227 e. The predicted octanol–water partition coefficient (Wildman–Crippen LogP) is 3.90. The minimum Gasteiger partial charge on any atom is -0.383 e. The van der Waals surface area contributed by atoms with Crippen molar-refractivity contribution in [1.29, 1.82) is 0 Å². The molecular weight excluding hydrogens is 422 g/mol. The van der Waals surface area contributed by atoms with Gasteiger partial charge in [-0.25, -0.2) is 4.98 Å². The first kappa shape index (κ1) is 21.2. The number of piperazine rings is 1. The van der Waals surface area contributed by atoms with E-state index in [0.29, 0.717) is 5.02 Å². The van der Waals surface area contributed by atoms with Gasteiger partial charge in [0.1, 0.15) is 5.82 Å². The van der Waals surface area contributed by atoms with Crippen molar-refractivity contribution >= 4 is 40.0 Å². The zero-order valence-electron chi connectivity index (χ0n) is 18.4. The van der Waals surface area contributed by atoms with E-state index in [-0.39, 0.29) is 0 Å². The molecule has 8 heteroatoms. The van der Waals surface area contributed by atoms with Crippen LogP contribution in [-0.2, 0) is 0 Å². The van der Waals surface area contributed by atoms with Gasteiger partial charge in [-0.15, -0.1) is 0 Å². The first-order valence-electron chi connectivity index (χ1n) is 11.6. The van der Waals surface area contributed by atoms with Crippen molar-refractivity contribution in [1.82, 2.24) is 19.9 Å². The van der Waals surface area contributed by atoms with Crippen LogP contribution in [0.2, 0.25) is 5.02 Å². The molecule has 0 unspecified atom stereocenters. The van der Waals surface area contributed by atoms with Crippen LogP contribution < -0.4 is 15.1 Å². The van der Waals surface area contributed by atoms with Crippen LogP contribution in [0.15, 0.2) is 42.7 Å². The molecule has 168 valence electrons. The van der Waals surface area contributed by atoms with Gasteiger partial charge in [-0.1, -0.05) is 11.6 Å². The molecule has 0 spiro atoms. The Hall–Kier alpha value is -2.64. The largest absolute Gasteiger partial charge is 0.383 e. The van der Waals surface area contributed by atoms with E-state index in [1.165, 1.54) is 19.3 Å². The third-order valence-corrected chi connectivity index (χ3v) is 6.65. The minimum atomic E-state index is 0.715. The summed E-state index contributed by atoms with van der Waals surface area (Å²) >= 11 is 6.10. The average Bonchev–Trinajstić information content (AvgIpc) is 2.85. The molecule has 2 aliphatic rings. The Balaban J connectivity index is 1.13. The molecule has 0 amide bonds. The van der Waals surface area contributed by atoms with E-state index >= 15 is 0 Å². The number of hydrogen-bond acceptors (Lipinski definition) is 7. The highest BCUT2D eigenvalue weighted by Crippen LogP contribution is 2.24. The summed E-state index contributed by atoms with van der Waals surface area (Å²) in [4.78, 5) is 21.0. The van der Waals surface area contributed by atoms with E-state index in [0.717, 1.165) is 80.7 Å². The minimum absolute atomic E-state index is 0.715. The van der Waals surface area contributed by atoms with Gasteiger partial charge in [0.25, 0.3) is 0 Å². The molecule has 2 fully saturated rings. The number of aromatic nitrogens is 3. The standard InChI is InChI=1S/C24H30ClN7/c25-19-4-5-20-21(6-8-26-22(20)18-19)27-10-13-30-14-16-31(17-15-30)23-7-9-28-24(29-23)32-11-2-1-3-12-32/h4-9,18H,1-3,10-17H2,(H,26,27). The van der Waals surface area contributed by atoms with Gasteiger partial charge < -0.3 is 15.1 Å². The van der Waals surface area contributed by atoms with Crippen LogP contribution >= 0.6 is 11.6 Å². The highest BCUT2D eigenvalue weighted by molar-refractivity contribution is 6.31. The molecule has 0 aliphatic carbocycles. The van der Waals surface area contributed by atoms with E-state index in [1.807, 2.05) is 42.7 Å². The predicted molar refractivity (Wildman–Crippen MR) is 132 cm³/mol. The second kappa shape index (κ2) is 9.88. The quantitative estimate of drug-likeness (QED) is 0.609. The van der Waals surface area contributed by atoms with Crippen LogP contribution in [0, 0.1) is 0 Å². The van der Waals surface area contributed by atoms with E-state index in [1.54, 1.807) is 0 Å². The van der Waals surface area contributed by atoms with Crippen molar-refractivity contribution < 1.29 is 0 Å². The molecule has 1 N–H and O–H groups in total. The number of benzene rings is 1. The molecule has 2 aliphatic heterocycles. The summed E-state index contributed by atoms with van der Waals surface area (Å²) in [5, 5.41) is 5.40. The lowest BCUT2D eigenvalue weighted by Gasteiger charge is -2.36. The topological polar surface area (TPSA) is 60.4 Å². The molecule has 2 aromatic heterocycles. The Bertz CT molecular complexity index is 1050. The summed E-state index contributed by atoms with van der Waals surface area (Å²) in [6.45, 7) is 8.12. The van der Waals surface area contributed by atoms with Crippen molar-refractivity contribution in [3.63, 3.8) is 0 Å². The third kappa shape index (κ3) is 4.89. The number of nitrogens with one attached hydrogen (secondary N) is 1. The van der Waals surface area contributed by atoms with Gasteiger partial charge in [-0.3, -0.25) is 9.88 Å². The molecule has 32 heavy (non-hydrogen) atoms. The molecule has 0 atom stereocenters. The first-order chi connectivity index (χ1) is 15.8. The molecule has 1 aromatic carbocycles. The summed E-state index contributed by atoms with van der Waals surface area (Å²) in [5.74, 6) is 1.94. The normalized spacial score (nSPS) is 17.7. The van der Waals surface area contributed by atoms with E-state index in [2.05, 4.69) is 30.0 Å². The third-order valence-electron chi connectivity index (χ3n) is 6.41. The van der Waals surface area contributed by atoms with Crippen LogP contribution in [0.25, 0.3) is 10.9 Å². The van der Waals surface area contributed by atoms with Crippen LogP contribution in [-0.4, -0.2) is 72.2 Å². The van der Waals surface area contributed by atoms with Gasteiger partial charge in [0.2, 0.25) is 5.95 Å². The Morgan fingerprint density at radius 2 is 1.66 bits per heavy atom. The molecule has 4 heterocycles. The molecule has 2 saturated heterocycles. The van der Waals surface area contributed by atoms with Gasteiger partial charge in [0.15, 0.2) is 0 Å². The summed E-state index contributed by atoms with van der Waals surface area (Å²) < 4.78 is 0. The number of halogens is 1. The lowest BCUT2D eigenvalue weighted by Crippen LogP contribution is -2.48. The number of pyridine rings is 1. The van der Waals surface area contributed by atoms with Gasteiger partial charge in [-0.05, 0) is 49.6 Å². The van der Waals surface area contributed by atoms with Crippen molar-refractivity contribution in [2.75, 3.05) is 67.5 Å². The highest BCUT2D eigenvalue weighted by Gasteiger charge is 2.20. The fraction of sp³-hybridized carbons (Fsp3) is 0.458. The highest BCUT2D eigenvalue weighted by atomic mass is 35.5. The van der Waals surface area contributed by atoms with Crippen LogP contribution in [0.3, 0.4) is 0 Å². The molecule has 0 radical (unpaired) electrons. The molecular formula is C24H30ClN7. The van der Waals surface area contributed by atoms with E-state index in [9.17, 15) is 0 Å². The number of rotatable bonds is 6. The smallest absolute Gasteiger partial charge is 0.227 e. The summed E-state index contributed by atoms with van der Waals surface area (Å²) in [6, 6.07) is 9.94. The average molecular weight is 452 g/mol. The molecule has 5 rings (SSSR count). The second-order valence-electron chi connectivity index (χ2n) is 8.54. The summed E-state index contributed by atoms with van der Waals surface area (Å²) in [5.41, 5.74) is 2.03. The molecule has 7 nitrogen and oxygen atoms in total. The van der Waals surface area contributed by atoms with Crippen LogP contribution in [0.1, 0.15) is 19.3 Å². The number of anilines is 3. The first-order valence-corrected chi connectivity index (χ1v) is 12.0. The Labute approximate surface area is 194 Å². The Morgan fingerprint density at radius 3 is 2.50 bits per heavy atom. The lowest BCUT2D eigenvalue weighted by molar-refractivity contribution is 0.266. The Morgan fingerprint density at radius 1 is 0.844 bits per heavy atom. The molecule has 0 bridgehead atoms. The summed E-state index contributed by atoms with van der Waals surface area (Å²) in [6.07, 6.45) is 7.54. The molecule has 0 saturated carbocycles. The van der Waals surface area contributed by atoms with Crippen molar-refractivity contribution in [3.8, 4) is 0 Å². The summed E-state index contributed by atoms with van der Waals surface area (Å²) in [7, 11) is 0. The van der Waals surface area contributed by atoms with Gasteiger partial charge in [0.05, 0.1) is 5.52 Å². The van der Waals surface area contributed by atoms with E-state index < -0.39 is 0 Å². The van der Waals surface area contributed by atoms with Gasteiger partial charge in [0, 0.05) is 80.8 Å². The zero-order chi connectivity index (χ0) is 21.8. The molecule has 3 aromatic rings. The maximum atomic E-state index is 6.10. The number of hydrogen-bond donors (Lipinski definition) is 1. The zero-order valence-corrected chi connectivity index (χ0v) is 19.1. The monoisotopic (exact) mass is 451 g/mol. The van der Waals surface area contributed by atoms with Crippen LogP contribution in [0.4, 0.5) is 17.5 Å². The lowest BCUT2D eigenvalue weighted by atomic mass is 10.1. The van der Waals surface area contributed by atoms with Crippen molar-refractivity contribution in [2.24, 2.45) is 0 Å². The van der Waals surface area contributed by atoms with Crippen molar-refractivity contribution in [3.05, 3.63) is 47.7 Å². The SMILES string of the molecule is Clc1ccc2c(NCCN3CCN(c4ccnc(N5CCCCC5)n4)CC3)ccnc2c1. The number of nitrogens with zero attached hydrogens (tertiary/aromatic N) is 6. The number of piperidine rings is 1.